The van der Waals surface area contributed by atoms with Gasteiger partial charge in [0.2, 0.25) is 11.8 Å². The summed E-state index contributed by atoms with van der Waals surface area (Å²) in [5.41, 5.74) is 1.61. The summed E-state index contributed by atoms with van der Waals surface area (Å²) in [5.74, 6) is -0.184. The Morgan fingerprint density at radius 2 is 1.80 bits per heavy atom. The third-order valence-electron chi connectivity index (χ3n) is 4.49. The number of rotatable bonds is 4. The van der Waals surface area contributed by atoms with Gasteiger partial charge in [0.1, 0.15) is 0 Å². The SMILES string of the molecule is O=C(Nc1ccccc1)C1CCCN(C(=O)Cc2ccccc2Cl)C1. The summed E-state index contributed by atoms with van der Waals surface area (Å²) in [6.07, 6.45) is 1.91. The first-order valence-corrected chi connectivity index (χ1v) is 8.88. The maximum absolute atomic E-state index is 12.6. The van der Waals surface area contributed by atoms with Gasteiger partial charge in [-0.15, -0.1) is 0 Å². The third-order valence-corrected chi connectivity index (χ3v) is 4.85. The van der Waals surface area contributed by atoms with Crippen LogP contribution in [0.4, 0.5) is 5.69 Å². The van der Waals surface area contributed by atoms with Crippen LogP contribution < -0.4 is 5.32 Å². The van der Waals surface area contributed by atoms with E-state index in [-0.39, 0.29) is 24.2 Å². The molecule has 1 saturated heterocycles. The van der Waals surface area contributed by atoms with Crippen LogP contribution in [0.5, 0.6) is 0 Å². The van der Waals surface area contributed by atoms with Crippen LogP contribution in [-0.4, -0.2) is 29.8 Å². The van der Waals surface area contributed by atoms with Gasteiger partial charge in [0.25, 0.3) is 0 Å². The van der Waals surface area contributed by atoms with Crippen molar-refractivity contribution in [3.63, 3.8) is 0 Å². The molecule has 0 bridgehead atoms. The number of para-hydroxylation sites is 1. The van der Waals surface area contributed by atoms with Crippen molar-refractivity contribution in [1.82, 2.24) is 4.90 Å². The summed E-state index contributed by atoms with van der Waals surface area (Å²) >= 11 is 6.14. The second kappa shape index (κ2) is 8.17. The van der Waals surface area contributed by atoms with Crippen molar-refractivity contribution in [2.75, 3.05) is 18.4 Å². The first-order chi connectivity index (χ1) is 12.1. The number of carbonyl (C=O) groups is 2. The maximum atomic E-state index is 12.6. The molecule has 1 atom stereocenters. The lowest BCUT2D eigenvalue weighted by Crippen LogP contribution is -2.44. The minimum absolute atomic E-state index is 0.0188. The topological polar surface area (TPSA) is 49.4 Å². The van der Waals surface area contributed by atoms with Crippen molar-refractivity contribution in [2.24, 2.45) is 5.92 Å². The Morgan fingerprint density at radius 1 is 1.08 bits per heavy atom. The van der Waals surface area contributed by atoms with E-state index in [0.29, 0.717) is 18.1 Å². The fraction of sp³-hybridized carbons (Fsp3) is 0.300. The zero-order chi connectivity index (χ0) is 17.6. The first kappa shape index (κ1) is 17.5. The number of nitrogens with one attached hydrogen (secondary N) is 1. The van der Waals surface area contributed by atoms with Gasteiger partial charge >= 0.3 is 0 Å². The number of likely N-dealkylation sites (tertiary alicyclic amines) is 1. The quantitative estimate of drug-likeness (QED) is 0.906. The van der Waals surface area contributed by atoms with Gasteiger partial charge in [-0.2, -0.15) is 0 Å². The Hall–Kier alpha value is -2.33. The molecular formula is C20H21ClN2O2. The number of piperidine rings is 1. The van der Waals surface area contributed by atoms with Crippen molar-refractivity contribution < 1.29 is 9.59 Å². The van der Waals surface area contributed by atoms with Crippen LogP contribution in [0, 0.1) is 5.92 Å². The van der Waals surface area contributed by atoms with E-state index in [1.165, 1.54) is 0 Å². The zero-order valence-corrected chi connectivity index (χ0v) is 14.7. The number of benzene rings is 2. The van der Waals surface area contributed by atoms with Crippen molar-refractivity contribution in [1.29, 1.82) is 0 Å². The van der Waals surface area contributed by atoms with E-state index >= 15 is 0 Å². The number of carbonyl (C=O) groups excluding carboxylic acids is 2. The molecular weight excluding hydrogens is 336 g/mol. The van der Waals surface area contributed by atoms with Crippen LogP contribution in [0.1, 0.15) is 18.4 Å². The Labute approximate surface area is 152 Å². The molecule has 2 aromatic carbocycles. The summed E-state index contributed by atoms with van der Waals surface area (Å²) in [4.78, 5) is 26.8. The second-order valence-corrected chi connectivity index (χ2v) is 6.71. The molecule has 5 heteroatoms. The van der Waals surface area contributed by atoms with Crippen molar-refractivity contribution in [2.45, 2.75) is 19.3 Å². The van der Waals surface area contributed by atoms with Crippen LogP contribution in [-0.2, 0) is 16.0 Å². The molecule has 0 aliphatic carbocycles. The molecule has 0 aromatic heterocycles. The number of hydrogen-bond donors (Lipinski definition) is 1. The highest BCUT2D eigenvalue weighted by Gasteiger charge is 2.28. The van der Waals surface area contributed by atoms with Gasteiger partial charge in [-0.25, -0.2) is 0 Å². The van der Waals surface area contributed by atoms with E-state index < -0.39 is 0 Å². The minimum Gasteiger partial charge on any atom is -0.342 e. The highest BCUT2D eigenvalue weighted by atomic mass is 35.5. The predicted octanol–water partition coefficient (Wildman–Crippen LogP) is 3.76. The molecule has 1 unspecified atom stereocenters. The molecule has 1 aliphatic heterocycles. The van der Waals surface area contributed by atoms with Crippen molar-refractivity contribution >= 4 is 29.1 Å². The molecule has 0 radical (unpaired) electrons. The van der Waals surface area contributed by atoms with Gasteiger partial charge in [-0.1, -0.05) is 48.0 Å². The number of nitrogens with zero attached hydrogens (tertiary/aromatic N) is 1. The normalized spacial score (nSPS) is 17.2. The van der Waals surface area contributed by atoms with E-state index in [2.05, 4.69) is 5.32 Å². The molecule has 2 amide bonds. The summed E-state index contributed by atoms with van der Waals surface area (Å²) in [7, 11) is 0. The van der Waals surface area contributed by atoms with Crippen LogP contribution in [0.2, 0.25) is 5.02 Å². The molecule has 0 spiro atoms. The number of anilines is 1. The standard InChI is InChI=1S/C20H21ClN2O2/c21-18-11-5-4-7-15(18)13-19(24)23-12-6-8-16(14-23)20(25)22-17-9-2-1-3-10-17/h1-5,7,9-11,16H,6,8,12-14H2,(H,22,25). The smallest absolute Gasteiger partial charge is 0.229 e. The highest BCUT2D eigenvalue weighted by Crippen LogP contribution is 2.21. The van der Waals surface area contributed by atoms with E-state index in [4.69, 9.17) is 11.6 Å². The number of halogens is 1. The van der Waals surface area contributed by atoms with Gasteiger partial charge in [-0.05, 0) is 36.6 Å². The average Bonchev–Trinajstić information content (AvgIpc) is 2.64. The summed E-state index contributed by atoms with van der Waals surface area (Å²) in [6.45, 7) is 1.15. The van der Waals surface area contributed by atoms with E-state index in [1.54, 1.807) is 11.0 Å². The molecule has 1 heterocycles. The van der Waals surface area contributed by atoms with Gasteiger partial charge in [-0.3, -0.25) is 9.59 Å². The molecule has 1 fully saturated rings. The minimum atomic E-state index is -0.177. The summed E-state index contributed by atoms with van der Waals surface area (Å²) < 4.78 is 0. The maximum Gasteiger partial charge on any atom is 0.229 e. The molecule has 4 nitrogen and oxygen atoms in total. The largest absolute Gasteiger partial charge is 0.342 e. The Balaban J connectivity index is 1.59. The lowest BCUT2D eigenvalue weighted by molar-refractivity contribution is -0.133. The van der Waals surface area contributed by atoms with Crippen LogP contribution in [0.3, 0.4) is 0 Å². The number of amides is 2. The lowest BCUT2D eigenvalue weighted by atomic mass is 9.96. The third kappa shape index (κ3) is 4.60. The van der Waals surface area contributed by atoms with Gasteiger partial charge in [0.05, 0.1) is 12.3 Å². The fourth-order valence-corrected chi connectivity index (χ4v) is 3.30. The van der Waals surface area contributed by atoms with Crippen molar-refractivity contribution in [3.8, 4) is 0 Å². The van der Waals surface area contributed by atoms with E-state index in [9.17, 15) is 9.59 Å². The van der Waals surface area contributed by atoms with Gasteiger partial charge in [0.15, 0.2) is 0 Å². The molecule has 2 aromatic rings. The van der Waals surface area contributed by atoms with Crippen molar-refractivity contribution in [3.05, 3.63) is 65.2 Å². The monoisotopic (exact) mass is 356 g/mol. The Morgan fingerprint density at radius 3 is 2.56 bits per heavy atom. The molecule has 130 valence electrons. The summed E-state index contributed by atoms with van der Waals surface area (Å²) in [5, 5.41) is 3.53. The second-order valence-electron chi connectivity index (χ2n) is 6.30. The van der Waals surface area contributed by atoms with Gasteiger partial charge < -0.3 is 10.2 Å². The molecule has 0 saturated carbocycles. The highest BCUT2D eigenvalue weighted by molar-refractivity contribution is 6.31. The van der Waals surface area contributed by atoms with E-state index in [0.717, 1.165) is 24.1 Å². The molecule has 3 rings (SSSR count). The summed E-state index contributed by atoms with van der Waals surface area (Å²) in [6, 6.07) is 16.8. The van der Waals surface area contributed by atoms with Crippen LogP contribution >= 0.6 is 11.6 Å². The van der Waals surface area contributed by atoms with Crippen LogP contribution in [0.15, 0.2) is 54.6 Å². The molecule has 1 aliphatic rings. The predicted molar refractivity (Wildman–Crippen MR) is 99.5 cm³/mol. The molecule has 25 heavy (non-hydrogen) atoms. The molecule has 1 N–H and O–H groups in total. The Bertz CT molecular complexity index is 748. The van der Waals surface area contributed by atoms with Crippen LogP contribution in [0.25, 0.3) is 0 Å². The zero-order valence-electron chi connectivity index (χ0n) is 14.0. The lowest BCUT2D eigenvalue weighted by Gasteiger charge is -2.32. The fourth-order valence-electron chi connectivity index (χ4n) is 3.10. The van der Waals surface area contributed by atoms with Gasteiger partial charge in [0, 0.05) is 23.8 Å². The van der Waals surface area contributed by atoms with E-state index in [1.807, 2.05) is 48.5 Å². The first-order valence-electron chi connectivity index (χ1n) is 8.50. The average molecular weight is 357 g/mol. The Kier molecular flexibility index (Phi) is 5.71. The number of hydrogen-bond acceptors (Lipinski definition) is 2.